The van der Waals surface area contributed by atoms with Crippen molar-refractivity contribution in [1.29, 1.82) is 0 Å². The first-order valence-corrected chi connectivity index (χ1v) is 7.61. The van der Waals surface area contributed by atoms with E-state index in [2.05, 4.69) is 19.9 Å². The van der Waals surface area contributed by atoms with Crippen LogP contribution in [-0.4, -0.2) is 43.8 Å². The number of carbonyl (C=O) groups excluding carboxylic acids is 1. The number of H-pyrrole nitrogens is 1. The van der Waals surface area contributed by atoms with Crippen molar-refractivity contribution < 1.29 is 18.0 Å². The van der Waals surface area contributed by atoms with Gasteiger partial charge in [-0.15, -0.1) is 0 Å². The molecule has 2 aromatic rings. The molecule has 1 saturated heterocycles. The van der Waals surface area contributed by atoms with Crippen LogP contribution in [0.25, 0.3) is 0 Å². The van der Waals surface area contributed by atoms with E-state index in [1.54, 1.807) is 0 Å². The average Bonchev–Trinajstić information content (AvgIpc) is 3.05. The molecule has 0 radical (unpaired) electrons. The molecule has 1 aliphatic rings. The fraction of sp³-hybridized carbons (Fsp3) is 0.429. The Hall–Kier alpha value is -2.16. The highest BCUT2D eigenvalue weighted by atomic mass is 35.5. The summed E-state index contributed by atoms with van der Waals surface area (Å²) in [5.41, 5.74) is -0.803. The average molecular weight is 360 g/mol. The minimum atomic E-state index is -4.47. The Morgan fingerprint density at radius 3 is 2.79 bits per heavy atom. The number of halogens is 4. The lowest BCUT2D eigenvalue weighted by molar-refractivity contribution is -0.141. The Morgan fingerprint density at radius 2 is 2.12 bits per heavy atom. The van der Waals surface area contributed by atoms with Crippen LogP contribution in [0.2, 0.25) is 5.02 Å². The van der Waals surface area contributed by atoms with E-state index in [0.717, 1.165) is 6.20 Å². The Balaban J connectivity index is 1.76. The number of alkyl halides is 3. The predicted octanol–water partition coefficient (Wildman–Crippen LogP) is 2.89. The third kappa shape index (κ3) is 3.35. The maximum absolute atomic E-state index is 12.7. The molecule has 1 N–H and O–H groups in total. The van der Waals surface area contributed by atoms with Gasteiger partial charge in [0.15, 0.2) is 0 Å². The zero-order valence-corrected chi connectivity index (χ0v) is 13.1. The largest absolute Gasteiger partial charge is 0.432 e. The smallest absolute Gasteiger partial charge is 0.338 e. The first-order valence-electron chi connectivity index (χ1n) is 7.23. The second-order valence-electron chi connectivity index (χ2n) is 5.49. The lowest BCUT2D eigenvalue weighted by Crippen LogP contribution is -2.39. The van der Waals surface area contributed by atoms with Gasteiger partial charge in [-0.3, -0.25) is 4.79 Å². The Labute approximate surface area is 140 Å². The van der Waals surface area contributed by atoms with Gasteiger partial charge >= 0.3 is 6.18 Å². The molecule has 1 atom stereocenters. The highest BCUT2D eigenvalue weighted by molar-refractivity contribution is 6.33. The van der Waals surface area contributed by atoms with Gasteiger partial charge in [0, 0.05) is 25.2 Å². The summed E-state index contributed by atoms with van der Waals surface area (Å²) >= 11 is 5.93. The summed E-state index contributed by atoms with van der Waals surface area (Å²) in [7, 11) is 0. The minimum Gasteiger partial charge on any atom is -0.338 e. The van der Waals surface area contributed by atoms with Crippen molar-refractivity contribution in [2.75, 3.05) is 13.1 Å². The molecule has 128 valence electrons. The monoisotopic (exact) mass is 359 g/mol. The number of aromatic nitrogens is 4. The molecule has 0 aliphatic carbocycles. The van der Waals surface area contributed by atoms with Gasteiger partial charge in [-0.25, -0.2) is 15.0 Å². The highest BCUT2D eigenvalue weighted by Gasteiger charge is 2.35. The van der Waals surface area contributed by atoms with E-state index in [-0.39, 0.29) is 34.9 Å². The quantitative estimate of drug-likeness (QED) is 0.894. The molecule has 1 amide bonds. The number of imidazole rings is 1. The molecule has 0 unspecified atom stereocenters. The van der Waals surface area contributed by atoms with Crippen molar-refractivity contribution in [1.82, 2.24) is 24.8 Å². The summed E-state index contributed by atoms with van der Waals surface area (Å²) in [5.74, 6) is -0.428. The zero-order chi connectivity index (χ0) is 17.3. The molecule has 3 heterocycles. The number of amides is 1. The molecule has 24 heavy (non-hydrogen) atoms. The second kappa shape index (κ2) is 6.39. The topological polar surface area (TPSA) is 74.8 Å². The van der Waals surface area contributed by atoms with Crippen molar-refractivity contribution in [2.45, 2.75) is 24.9 Å². The molecular weight excluding hydrogens is 347 g/mol. The van der Waals surface area contributed by atoms with E-state index in [9.17, 15) is 18.0 Å². The lowest BCUT2D eigenvalue weighted by atomic mass is 9.97. The summed E-state index contributed by atoms with van der Waals surface area (Å²) in [5, 5.41) is 0.141. The predicted molar refractivity (Wildman–Crippen MR) is 78.5 cm³/mol. The number of rotatable bonds is 2. The minimum absolute atomic E-state index is 0.0859. The van der Waals surface area contributed by atoms with Crippen LogP contribution in [-0.2, 0) is 6.18 Å². The van der Waals surface area contributed by atoms with Crippen molar-refractivity contribution in [3.63, 3.8) is 0 Å². The number of nitrogens with zero attached hydrogens (tertiary/aromatic N) is 4. The molecule has 0 spiro atoms. The van der Waals surface area contributed by atoms with Crippen LogP contribution >= 0.6 is 11.6 Å². The highest BCUT2D eigenvalue weighted by Crippen LogP contribution is 2.31. The van der Waals surface area contributed by atoms with Crippen LogP contribution in [0.1, 0.15) is 40.8 Å². The van der Waals surface area contributed by atoms with Gasteiger partial charge in [0.1, 0.15) is 23.5 Å². The van der Waals surface area contributed by atoms with E-state index >= 15 is 0 Å². The summed E-state index contributed by atoms with van der Waals surface area (Å²) in [6, 6.07) is 0. The zero-order valence-electron chi connectivity index (χ0n) is 12.3. The standard InChI is InChI=1S/C14H13ClF3N5O/c15-9-4-19-7-21-11(9)13(24)23-3-1-2-8(6-23)12-20-5-10(22-12)14(16,17)18/h4-5,7-8H,1-3,6H2,(H,20,22)/t8-/m0/s1. The van der Waals surface area contributed by atoms with Crippen LogP contribution in [0.15, 0.2) is 18.7 Å². The van der Waals surface area contributed by atoms with Gasteiger partial charge in [-0.1, -0.05) is 11.6 Å². The third-order valence-corrected chi connectivity index (χ3v) is 4.14. The third-order valence-electron chi connectivity index (χ3n) is 3.87. The number of aromatic amines is 1. The van der Waals surface area contributed by atoms with Crippen molar-refractivity contribution in [3.05, 3.63) is 41.0 Å². The van der Waals surface area contributed by atoms with Crippen LogP contribution < -0.4 is 0 Å². The molecule has 0 aromatic carbocycles. The van der Waals surface area contributed by atoms with Gasteiger partial charge in [-0.2, -0.15) is 13.2 Å². The fourth-order valence-corrected chi connectivity index (χ4v) is 2.88. The van der Waals surface area contributed by atoms with Crippen molar-refractivity contribution >= 4 is 17.5 Å². The molecular formula is C14H13ClF3N5O. The number of hydrogen-bond donors (Lipinski definition) is 1. The van der Waals surface area contributed by atoms with E-state index in [1.807, 2.05) is 0 Å². The first-order chi connectivity index (χ1) is 11.4. The summed E-state index contributed by atoms with van der Waals surface area (Å²) in [6.07, 6.45) is 0.155. The first kappa shape index (κ1) is 16.7. The van der Waals surface area contributed by atoms with Crippen LogP contribution in [0, 0.1) is 0 Å². The van der Waals surface area contributed by atoms with Gasteiger partial charge in [0.05, 0.1) is 11.2 Å². The molecule has 0 bridgehead atoms. The van der Waals surface area contributed by atoms with Gasteiger partial charge < -0.3 is 9.88 Å². The second-order valence-corrected chi connectivity index (χ2v) is 5.90. The number of nitrogens with one attached hydrogen (secondary N) is 1. The van der Waals surface area contributed by atoms with Crippen molar-refractivity contribution in [2.24, 2.45) is 0 Å². The van der Waals surface area contributed by atoms with Gasteiger partial charge in [-0.05, 0) is 12.8 Å². The number of hydrogen-bond acceptors (Lipinski definition) is 4. The van der Waals surface area contributed by atoms with Gasteiger partial charge in [0.2, 0.25) is 0 Å². The number of piperidine rings is 1. The Bertz CT molecular complexity index is 748. The molecule has 10 heteroatoms. The molecule has 6 nitrogen and oxygen atoms in total. The Morgan fingerprint density at radius 1 is 1.33 bits per heavy atom. The number of carbonyl (C=O) groups is 1. The normalized spacial score (nSPS) is 18.7. The SMILES string of the molecule is O=C(c1ncncc1Cl)N1CCC[C@H](c2ncc(C(F)(F)F)[nH]2)C1. The van der Waals surface area contributed by atoms with Crippen molar-refractivity contribution in [3.8, 4) is 0 Å². The van der Waals surface area contributed by atoms with E-state index in [4.69, 9.17) is 11.6 Å². The molecule has 3 rings (SSSR count). The summed E-state index contributed by atoms with van der Waals surface area (Å²) < 4.78 is 38.0. The van der Waals surface area contributed by atoms with Crippen LogP contribution in [0.3, 0.4) is 0 Å². The molecule has 1 aliphatic heterocycles. The summed E-state index contributed by atoms with van der Waals surface area (Å²) in [6.45, 7) is 0.743. The van der Waals surface area contributed by atoms with E-state index < -0.39 is 11.9 Å². The van der Waals surface area contributed by atoms with Gasteiger partial charge in [0.25, 0.3) is 5.91 Å². The fourth-order valence-electron chi connectivity index (χ4n) is 2.69. The number of likely N-dealkylation sites (tertiary alicyclic amines) is 1. The maximum Gasteiger partial charge on any atom is 0.432 e. The summed E-state index contributed by atoms with van der Waals surface area (Å²) in [4.78, 5) is 27.8. The van der Waals surface area contributed by atoms with Crippen LogP contribution in [0.4, 0.5) is 13.2 Å². The molecule has 1 fully saturated rings. The Kier molecular flexibility index (Phi) is 4.44. The van der Waals surface area contributed by atoms with E-state index in [1.165, 1.54) is 17.4 Å². The molecule has 2 aromatic heterocycles. The van der Waals surface area contributed by atoms with Crippen LogP contribution in [0.5, 0.6) is 0 Å². The van der Waals surface area contributed by atoms with E-state index in [0.29, 0.717) is 19.4 Å². The lowest BCUT2D eigenvalue weighted by Gasteiger charge is -2.31. The molecule has 0 saturated carbocycles. The maximum atomic E-state index is 12.7.